The standard InChI is InChI=1S/C20H28FN5O2.HI/c1-26(2)19(27)13-25-20(24-12-16-4-3-9-28-16)22-8-7-14-11-23-18-10-15(21)5-6-17(14)18;/h5-6,10-11,16,23H,3-4,7-9,12-13H2,1-2H3,(H2,22,24,25);1H. The zero-order chi connectivity index (χ0) is 19.9. The van der Waals surface area contributed by atoms with Crippen LogP contribution >= 0.6 is 24.0 Å². The Bertz CT molecular complexity index is 833. The molecule has 1 aliphatic heterocycles. The van der Waals surface area contributed by atoms with E-state index in [-0.39, 0.29) is 48.3 Å². The van der Waals surface area contributed by atoms with Gasteiger partial charge < -0.3 is 25.3 Å². The Balaban J connectivity index is 0.00000300. The molecular formula is C20H29FIN5O2. The minimum atomic E-state index is -0.252. The number of halogens is 2. The van der Waals surface area contributed by atoms with Crippen molar-refractivity contribution in [3.63, 3.8) is 0 Å². The minimum Gasteiger partial charge on any atom is -0.376 e. The first-order valence-electron chi connectivity index (χ1n) is 9.62. The van der Waals surface area contributed by atoms with Crippen LogP contribution in [0.3, 0.4) is 0 Å². The van der Waals surface area contributed by atoms with Gasteiger partial charge in [0.05, 0.1) is 6.10 Å². The summed E-state index contributed by atoms with van der Waals surface area (Å²) in [6.45, 7) is 2.18. The highest BCUT2D eigenvalue weighted by Gasteiger charge is 2.16. The smallest absolute Gasteiger partial charge is 0.243 e. The first kappa shape index (κ1) is 23.4. The van der Waals surface area contributed by atoms with Gasteiger partial charge in [-0.3, -0.25) is 4.79 Å². The van der Waals surface area contributed by atoms with Gasteiger partial charge in [-0.1, -0.05) is 0 Å². The molecule has 1 saturated heterocycles. The Kier molecular flexibility index (Phi) is 9.15. The van der Waals surface area contributed by atoms with E-state index in [0.29, 0.717) is 19.0 Å². The van der Waals surface area contributed by atoms with Crippen molar-refractivity contribution in [1.82, 2.24) is 20.5 Å². The number of aliphatic imine (C=N–C) groups is 1. The minimum absolute atomic E-state index is 0. The molecule has 0 aliphatic carbocycles. The van der Waals surface area contributed by atoms with Gasteiger partial charge in [-0.25, -0.2) is 9.38 Å². The maximum atomic E-state index is 13.3. The molecule has 1 aromatic heterocycles. The molecule has 1 aromatic carbocycles. The van der Waals surface area contributed by atoms with Gasteiger partial charge in [0.15, 0.2) is 5.96 Å². The van der Waals surface area contributed by atoms with Crippen LogP contribution in [0.5, 0.6) is 0 Å². The van der Waals surface area contributed by atoms with Crippen molar-refractivity contribution in [3.05, 3.63) is 35.8 Å². The number of carbonyl (C=O) groups excluding carboxylic acids is 1. The van der Waals surface area contributed by atoms with E-state index < -0.39 is 0 Å². The summed E-state index contributed by atoms with van der Waals surface area (Å²) >= 11 is 0. The first-order valence-corrected chi connectivity index (χ1v) is 9.62. The quantitative estimate of drug-likeness (QED) is 0.299. The number of aromatic nitrogens is 1. The van der Waals surface area contributed by atoms with Crippen LogP contribution in [0.2, 0.25) is 0 Å². The number of likely N-dealkylation sites (N-methyl/N-ethyl adjacent to an activating group) is 1. The molecule has 0 saturated carbocycles. The van der Waals surface area contributed by atoms with Crippen molar-refractivity contribution >= 4 is 46.7 Å². The maximum absolute atomic E-state index is 13.3. The molecule has 29 heavy (non-hydrogen) atoms. The number of amides is 1. The number of carbonyl (C=O) groups is 1. The van der Waals surface area contributed by atoms with Gasteiger partial charge in [0, 0.05) is 50.9 Å². The third-order valence-corrected chi connectivity index (χ3v) is 4.81. The number of H-pyrrole nitrogens is 1. The summed E-state index contributed by atoms with van der Waals surface area (Å²) < 4.78 is 19.0. The van der Waals surface area contributed by atoms with E-state index in [1.807, 2.05) is 6.20 Å². The summed E-state index contributed by atoms with van der Waals surface area (Å²) in [4.78, 5) is 20.9. The van der Waals surface area contributed by atoms with E-state index in [2.05, 4.69) is 20.6 Å². The van der Waals surface area contributed by atoms with Crippen LogP contribution in [0.4, 0.5) is 4.39 Å². The van der Waals surface area contributed by atoms with Gasteiger partial charge in [-0.2, -0.15) is 0 Å². The highest BCUT2D eigenvalue weighted by Crippen LogP contribution is 2.19. The van der Waals surface area contributed by atoms with E-state index in [4.69, 9.17) is 4.74 Å². The molecule has 7 nitrogen and oxygen atoms in total. The van der Waals surface area contributed by atoms with Crippen molar-refractivity contribution in [1.29, 1.82) is 0 Å². The molecule has 0 spiro atoms. The van der Waals surface area contributed by atoms with E-state index in [1.165, 1.54) is 17.0 Å². The number of nitrogens with zero attached hydrogens (tertiary/aromatic N) is 2. The highest BCUT2D eigenvalue weighted by atomic mass is 127. The summed E-state index contributed by atoms with van der Waals surface area (Å²) in [5, 5.41) is 7.55. The molecule has 0 bridgehead atoms. The SMILES string of the molecule is CN(C)C(=O)CN=C(NCCc1c[nH]c2cc(F)ccc12)NCC1CCCO1.I. The van der Waals surface area contributed by atoms with Crippen LogP contribution in [-0.4, -0.2) is 68.2 Å². The fraction of sp³-hybridized carbons (Fsp3) is 0.500. The van der Waals surface area contributed by atoms with Crippen LogP contribution in [0, 0.1) is 5.82 Å². The lowest BCUT2D eigenvalue weighted by Gasteiger charge is -2.16. The molecule has 1 atom stereocenters. The highest BCUT2D eigenvalue weighted by molar-refractivity contribution is 14.0. The number of guanidine groups is 1. The van der Waals surface area contributed by atoms with E-state index in [0.717, 1.165) is 42.3 Å². The molecule has 160 valence electrons. The van der Waals surface area contributed by atoms with Crippen molar-refractivity contribution in [2.45, 2.75) is 25.4 Å². The van der Waals surface area contributed by atoms with Gasteiger partial charge in [0.1, 0.15) is 12.4 Å². The summed E-state index contributed by atoms with van der Waals surface area (Å²) in [6.07, 6.45) is 4.93. The summed E-state index contributed by atoms with van der Waals surface area (Å²) in [5.74, 6) is 0.283. The zero-order valence-electron chi connectivity index (χ0n) is 16.8. The molecule has 1 aliphatic rings. The Labute approximate surface area is 187 Å². The molecule has 3 N–H and O–H groups in total. The van der Waals surface area contributed by atoms with Crippen molar-refractivity contribution in [3.8, 4) is 0 Å². The second-order valence-corrected chi connectivity index (χ2v) is 7.15. The first-order chi connectivity index (χ1) is 13.5. The third-order valence-electron chi connectivity index (χ3n) is 4.81. The normalized spacial score (nSPS) is 16.5. The van der Waals surface area contributed by atoms with Crippen LogP contribution in [0.1, 0.15) is 18.4 Å². The number of ether oxygens (including phenoxy) is 1. The number of rotatable bonds is 7. The molecule has 1 amide bonds. The monoisotopic (exact) mass is 517 g/mol. The van der Waals surface area contributed by atoms with Crippen LogP contribution in [-0.2, 0) is 16.0 Å². The summed E-state index contributed by atoms with van der Waals surface area (Å²) in [5.41, 5.74) is 1.89. The number of aromatic amines is 1. The van der Waals surface area contributed by atoms with Crippen LogP contribution in [0.25, 0.3) is 10.9 Å². The lowest BCUT2D eigenvalue weighted by atomic mass is 10.1. The number of benzene rings is 1. The molecule has 2 heterocycles. The molecular weight excluding hydrogens is 488 g/mol. The fourth-order valence-corrected chi connectivity index (χ4v) is 3.16. The Hall–Kier alpha value is -1.88. The number of fused-ring (bicyclic) bond motifs is 1. The number of hydrogen-bond acceptors (Lipinski definition) is 3. The van der Waals surface area contributed by atoms with E-state index in [1.54, 1.807) is 20.2 Å². The lowest BCUT2D eigenvalue weighted by molar-refractivity contribution is -0.127. The second-order valence-electron chi connectivity index (χ2n) is 7.15. The molecule has 1 unspecified atom stereocenters. The van der Waals surface area contributed by atoms with Crippen LogP contribution < -0.4 is 10.6 Å². The van der Waals surface area contributed by atoms with Gasteiger partial charge >= 0.3 is 0 Å². The number of nitrogens with one attached hydrogen (secondary N) is 3. The van der Waals surface area contributed by atoms with Gasteiger partial charge in [-0.05, 0) is 43.0 Å². The van der Waals surface area contributed by atoms with Crippen molar-refractivity contribution in [2.75, 3.05) is 40.3 Å². The summed E-state index contributed by atoms with van der Waals surface area (Å²) in [7, 11) is 3.43. The fourth-order valence-electron chi connectivity index (χ4n) is 3.16. The summed E-state index contributed by atoms with van der Waals surface area (Å²) in [6, 6.07) is 4.75. The van der Waals surface area contributed by atoms with Gasteiger partial charge in [0.2, 0.25) is 5.91 Å². The van der Waals surface area contributed by atoms with Crippen molar-refractivity contribution in [2.24, 2.45) is 4.99 Å². The second kappa shape index (κ2) is 11.3. The van der Waals surface area contributed by atoms with Crippen molar-refractivity contribution < 1.29 is 13.9 Å². The largest absolute Gasteiger partial charge is 0.376 e. The average Bonchev–Trinajstić information content (AvgIpc) is 3.32. The van der Waals surface area contributed by atoms with E-state index in [9.17, 15) is 9.18 Å². The lowest BCUT2D eigenvalue weighted by Crippen LogP contribution is -2.42. The Morgan fingerprint density at radius 3 is 2.93 bits per heavy atom. The molecule has 3 rings (SSSR count). The molecule has 1 fully saturated rings. The predicted octanol–water partition coefficient (Wildman–Crippen LogP) is 2.27. The molecule has 0 radical (unpaired) electrons. The Morgan fingerprint density at radius 1 is 1.38 bits per heavy atom. The third kappa shape index (κ3) is 6.84. The van der Waals surface area contributed by atoms with Gasteiger partial charge in [0.25, 0.3) is 0 Å². The Morgan fingerprint density at radius 2 is 2.21 bits per heavy atom. The topological polar surface area (TPSA) is 81.8 Å². The molecule has 2 aromatic rings. The zero-order valence-corrected chi connectivity index (χ0v) is 19.2. The van der Waals surface area contributed by atoms with E-state index >= 15 is 0 Å². The van der Waals surface area contributed by atoms with Crippen LogP contribution in [0.15, 0.2) is 29.4 Å². The number of hydrogen-bond donors (Lipinski definition) is 3. The van der Waals surface area contributed by atoms with Gasteiger partial charge in [-0.15, -0.1) is 24.0 Å². The average molecular weight is 517 g/mol. The maximum Gasteiger partial charge on any atom is 0.243 e. The predicted molar refractivity (Wildman–Crippen MR) is 123 cm³/mol. The molecule has 9 heteroatoms.